The van der Waals surface area contributed by atoms with Gasteiger partial charge in [-0.15, -0.1) is 0 Å². The average molecular weight is 273 g/mol. The number of hydrogen-bond donors (Lipinski definition) is 0. The van der Waals surface area contributed by atoms with Gasteiger partial charge in [-0.2, -0.15) is 8.42 Å². The van der Waals surface area contributed by atoms with Crippen molar-refractivity contribution in [3.8, 4) is 0 Å². The van der Waals surface area contributed by atoms with E-state index in [0.29, 0.717) is 18.1 Å². The molecule has 102 valence electrons. The highest BCUT2D eigenvalue weighted by atomic mass is 32.2. The normalized spacial score (nSPS) is 13.0. The predicted molar refractivity (Wildman–Crippen MR) is 69.7 cm³/mol. The predicted octanol–water partition coefficient (Wildman–Crippen LogP) is 2.32. The minimum atomic E-state index is -3.40. The maximum absolute atomic E-state index is 10.8. The van der Waals surface area contributed by atoms with E-state index in [9.17, 15) is 8.42 Å². The molecule has 0 radical (unpaired) electrons. The number of aromatic nitrogens is 1. The molecule has 0 aliphatic heterocycles. The van der Waals surface area contributed by atoms with E-state index in [-0.39, 0.29) is 6.61 Å². The van der Waals surface area contributed by atoms with Crippen LogP contribution in [0.1, 0.15) is 37.6 Å². The van der Waals surface area contributed by atoms with Crippen LogP contribution in [-0.4, -0.2) is 26.3 Å². The molecule has 0 spiro atoms. The van der Waals surface area contributed by atoms with Gasteiger partial charge in [0.25, 0.3) is 10.1 Å². The first-order chi connectivity index (χ1) is 8.33. The van der Waals surface area contributed by atoms with E-state index in [1.165, 1.54) is 0 Å². The van der Waals surface area contributed by atoms with Crippen LogP contribution in [0.3, 0.4) is 0 Å². The van der Waals surface area contributed by atoms with Crippen molar-refractivity contribution in [3.05, 3.63) is 23.4 Å². The molecular weight excluding hydrogens is 254 g/mol. The molecule has 1 rings (SSSR count). The zero-order valence-corrected chi connectivity index (χ0v) is 12.0. The van der Waals surface area contributed by atoms with Gasteiger partial charge in [-0.3, -0.25) is 4.18 Å². The van der Waals surface area contributed by atoms with Gasteiger partial charge in [0.1, 0.15) is 5.76 Å². The Hall–Kier alpha value is -1.14. The van der Waals surface area contributed by atoms with Crippen molar-refractivity contribution >= 4 is 15.7 Å². The SMILES string of the molecule is CC/C=C(/C)c1nc(CCOS(C)(=O)=O)c(C)o1. The lowest BCUT2D eigenvalue weighted by molar-refractivity contribution is 0.324. The molecule has 18 heavy (non-hydrogen) atoms. The molecule has 0 amide bonds. The zero-order valence-electron chi connectivity index (χ0n) is 11.2. The Bertz CT molecular complexity index is 528. The van der Waals surface area contributed by atoms with Gasteiger partial charge in [-0.05, 0) is 20.3 Å². The molecule has 1 heterocycles. The smallest absolute Gasteiger partial charge is 0.264 e. The van der Waals surface area contributed by atoms with E-state index in [1.54, 1.807) is 0 Å². The Labute approximate surface area is 108 Å². The fraction of sp³-hybridized carbons (Fsp3) is 0.583. The molecule has 0 aromatic carbocycles. The van der Waals surface area contributed by atoms with Crippen molar-refractivity contribution in [2.24, 2.45) is 0 Å². The Morgan fingerprint density at radius 2 is 2.17 bits per heavy atom. The number of hydrogen-bond acceptors (Lipinski definition) is 5. The second-order valence-corrected chi connectivity index (χ2v) is 5.74. The summed E-state index contributed by atoms with van der Waals surface area (Å²) >= 11 is 0. The van der Waals surface area contributed by atoms with Gasteiger partial charge < -0.3 is 4.42 Å². The lowest BCUT2D eigenvalue weighted by Crippen LogP contribution is -2.06. The van der Waals surface area contributed by atoms with Crippen LogP contribution in [0.2, 0.25) is 0 Å². The summed E-state index contributed by atoms with van der Waals surface area (Å²) in [5.74, 6) is 1.29. The van der Waals surface area contributed by atoms with Gasteiger partial charge >= 0.3 is 0 Å². The van der Waals surface area contributed by atoms with E-state index in [4.69, 9.17) is 4.42 Å². The maximum Gasteiger partial charge on any atom is 0.264 e. The molecule has 0 saturated carbocycles. The third-order valence-electron chi connectivity index (χ3n) is 2.38. The van der Waals surface area contributed by atoms with Crippen LogP contribution in [0.4, 0.5) is 0 Å². The van der Waals surface area contributed by atoms with Crippen LogP contribution in [0.25, 0.3) is 5.57 Å². The van der Waals surface area contributed by atoms with Crippen molar-refractivity contribution in [3.63, 3.8) is 0 Å². The Morgan fingerprint density at radius 3 is 2.72 bits per heavy atom. The lowest BCUT2D eigenvalue weighted by Gasteiger charge is -1.98. The largest absolute Gasteiger partial charge is 0.442 e. The second-order valence-electron chi connectivity index (χ2n) is 4.09. The zero-order chi connectivity index (χ0) is 13.8. The minimum absolute atomic E-state index is 0.0855. The fourth-order valence-corrected chi connectivity index (χ4v) is 1.90. The van der Waals surface area contributed by atoms with Gasteiger partial charge in [0.2, 0.25) is 5.89 Å². The summed E-state index contributed by atoms with van der Waals surface area (Å²) in [7, 11) is -3.40. The van der Waals surface area contributed by atoms with E-state index in [0.717, 1.165) is 23.9 Å². The topological polar surface area (TPSA) is 69.4 Å². The van der Waals surface area contributed by atoms with Gasteiger partial charge in [-0.1, -0.05) is 13.0 Å². The van der Waals surface area contributed by atoms with Crippen molar-refractivity contribution in [2.45, 2.75) is 33.6 Å². The van der Waals surface area contributed by atoms with Crippen LogP contribution in [0.15, 0.2) is 10.5 Å². The average Bonchev–Trinajstić information content (AvgIpc) is 2.59. The van der Waals surface area contributed by atoms with E-state index >= 15 is 0 Å². The number of nitrogens with zero attached hydrogens (tertiary/aromatic N) is 1. The first-order valence-corrected chi connectivity index (χ1v) is 7.63. The second kappa shape index (κ2) is 6.15. The Morgan fingerprint density at radius 1 is 1.50 bits per heavy atom. The fourth-order valence-electron chi connectivity index (χ4n) is 1.51. The number of rotatable bonds is 6. The first kappa shape index (κ1) is 14.9. The summed E-state index contributed by atoms with van der Waals surface area (Å²) in [6.07, 6.45) is 4.39. The van der Waals surface area contributed by atoms with Crippen LogP contribution in [0.5, 0.6) is 0 Å². The number of aryl methyl sites for hydroxylation is 1. The van der Waals surface area contributed by atoms with Gasteiger partial charge in [-0.25, -0.2) is 4.98 Å². The summed E-state index contributed by atoms with van der Waals surface area (Å²) in [5.41, 5.74) is 1.72. The monoisotopic (exact) mass is 273 g/mol. The van der Waals surface area contributed by atoms with Crippen LogP contribution in [0, 0.1) is 6.92 Å². The Balaban J connectivity index is 2.71. The summed E-state index contributed by atoms with van der Waals surface area (Å²) in [6.45, 7) is 5.87. The summed E-state index contributed by atoms with van der Waals surface area (Å²) in [5, 5.41) is 0. The molecule has 0 fully saturated rings. The highest BCUT2D eigenvalue weighted by molar-refractivity contribution is 7.85. The van der Waals surface area contributed by atoms with E-state index < -0.39 is 10.1 Å². The Kier molecular flexibility index (Phi) is 5.10. The third-order valence-corrected chi connectivity index (χ3v) is 2.97. The van der Waals surface area contributed by atoms with Crippen molar-refractivity contribution in [1.29, 1.82) is 0 Å². The van der Waals surface area contributed by atoms with E-state index in [1.807, 2.05) is 26.8 Å². The molecule has 5 nitrogen and oxygen atoms in total. The maximum atomic E-state index is 10.8. The number of oxazole rings is 1. The highest BCUT2D eigenvalue weighted by Crippen LogP contribution is 2.18. The van der Waals surface area contributed by atoms with Crippen molar-refractivity contribution < 1.29 is 17.0 Å². The van der Waals surface area contributed by atoms with Crippen LogP contribution in [-0.2, 0) is 20.7 Å². The van der Waals surface area contributed by atoms with Crippen molar-refractivity contribution in [1.82, 2.24) is 4.98 Å². The van der Waals surface area contributed by atoms with Crippen LogP contribution >= 0.6 is 0 Å². The molecule has 0 N–H and O–H groups in total. The van der Waals surface area contributed by atoms with E-state index in [2.05, 4.69) is 9.17 Å². The number of allylic oxidation sites excluding steroid dienone is 2. The molecule has 0 bridgehead atoms. The third kappa shape index (κ3) is 4.62. The molecule has 0 aliphatic carbocycles. The molecule has 0 unspecified atom stereocenters. The standard InChI is InChI=1S/C12H19NO4S/c1-5-6-9(2)12-13-11(10(3)17-12)7-8-16-18(4,14)15/h6H,5,7-8H2,1-4H3/b9-6-. The highest BCUT2D eigenvalue weighted by Gasteiger charge is 2.11. The molecule has 0 aliphatic rings. The summed E-state index contributed by atoms with van der Waals surface area (Å²) in [6, 6.07) is 0. The van der Waals surface area contributed by atoms with Gasteiger partial charge in [0.05, 0.1) is 18.6 Å². The molecule has 0 saturated heterocycles. The molecule has 1 aromatic heterocycles. The molecule has 1 aromatic rings. The lowest BCUT2D eigenvalue weighted by atomic mass is 10.2. The molecule has 0 atom stereocenters. The molecular formula is C12H19NO4S. The first-order valence-electron chi connectivity index (χ1n) is 5.81. The van der Waals surface area contributed by atoms with Gasteiger partial charge in [0.15, 0.2) is 0 Å². The van der Waals surface area contributed by atoms with Crippen LogP contribution < -0.4 is 0 Å². The molecule has 6 heteroatoms. The quantitative estimate of drug-likeness (QED) is 0.744. The summed E-state index contributed by atoms with van der Waals surface area (Å²) in [4.78, 5) is 4.34. The summed E-state index contributed by atoms with van der Waals surface area (Å²) < 4.78 is 31.9. The van der Waals surface area contributed by atoms with Gasteiger partial charge in [0, 0.05) is 12.0 Å². The van der Waals surface area contributed by atoms with Crippen molar-refractivity contribution in [2.75, 3.05) is 12.9 Å². The minimum Gasteiger partial charge on any atom is -0.442 e.